The van der Waals surface area contributed by atoms with Crippen LogP contribution in [0.1, 0.15) is 0 Å². The van der Waals surface area contributed by atoms with Crippen LogP contribution in [-0.4, -0.2) is 9.55 Å². The van der Waals surface area contributed by atoms with E-state index in [1.165, 1.54) is 65.6 Å². The maximum absolute atomic E-state index is 5.24. The number of fused-ring (bicyclic) bond motifs is 8. The third-order valence-electron chi connectivity index (χ3n) is 8.75. The van der Waals surface area contributed by atoms with Crippen molar-refractivity contribution in [3.8, 4) is 28.1 Å². The fourth-order valence-electron chi connectivity index (χ4n) is 6.80. The summed E-state index contributed by atoms with van der Waals surface area (Å²) in [4.78, 5) is 5.24. The first-order chi connectivity index (χ1) is 21.3. The van der Waals surface area contributed by atoms with Gasteiger partial charge in [0.1, 0.15) is 0 Å². The van der Waals surface area contributed by atoms with Gasteiger partial charge in [0.15, 0.2) is 0 Å². The van der Waals surface area contributed by atoms with Crippen LogP contribution in [-0.2, 0) is 0 Å². The average Bonchev–Trinajstić information content (AvgIpc) is 3.42. The van der Waals surface area contributed by atoms with Crippen molar-refractivity contribution in [2.45, 2.75) is 0 Å². The molecule has 0 saturated carbocycles. The molecule has 9 aromatic rings. The number of rotatable bonds is 3. The first kappa shape index (κ1) is 23.9. The smallest absolute Gasteiger partial charge is 0.0788 e. The van der Waals surface area contributed by atoms with E-state index in [-0.39, 0.29) is 0 Å². The Morgan fingerprint density at radius 3 is 2.00 bits per heavy atom. The Balaban J connectivity index is 1.26. The molecule has 2 heteroatoms. The molecular weight excluding hydrogens is 520 g/mol. The molecule has 200 valence electrons. The van der Waals surface area contributed by atoms with Crippen LogP contribution >= 0.6 is 0 Å². The molecule has 0 fully saturated rings. The van der Waals surface area contributed by atoms with Gasteiger partial charge in [0.05, 0.1) is 22.2 Å². The molecule has 0 aliphatic carbocycles. The lowest BCUT2D eigenvalue weighted by atomic mass is 9.94. The van der Waals surface area contributed by atoms with Crippen molar-refractivity contribution in [1.82, 2.24) is 9.55 Å². The Bertz CT molecular complexity index is 2490. The number of hydrogen-bond acceptors (Lipinski definition) is 1. The number of benzene rings is 7. The Morgan fingerprint density at radius 1 is 0.395 bits per heavy atom. The molecule has 9 rings (SSSR count). The Labute approximate surface area is 249 Å². The van der Waals surface area contributed by atoms with E-state index in [9.17, 15) is 0 Å². The van der Waals surface area contributed by atoms with E-state index in [2.05, 4.69) is 162 Å². The van der Waals surface area contributed by atoms with Gasteiger partial charge >= 0.3 is 0 Å². The lowest BCUT2D eigenvalue weighted by Gasteiger charge is -2.13. The second-order valence-corrected chi connectivity index (χ2v) is 11.2. The minimum absolute atomic E-state index is 1.02. The van der Waals surface area contributed by atoms with E-state index in [1.807, 2.05) is 0 Å². The average molecular weight is 547 g/mol. The predicted molar refractivity (Wildman–Crippen MR) is 182 cm³/mol. The maximum atomic E-state index is 5.24. The van der Waals surface area contributed by atoms with Crippen molar-refractivity contribution in [3.05, 3.63) is 158 Å². The molecule has 0 spiro atoms. The van der Waals surface area contributed by atoms with Crippen LogP contribution in [0.4, 0.5) is 0 Å². The number of para-hydroxylation sites is 3. The number of aromatic nitrogens is 2. The minimum Gasteiger partial charge on any atom is -0.309 e. The molecule has 0 radical (unpaired) electrons. The molecule has 0 saturated heterocycles. The van der Waals surface area contributed by atoms with Crippen molar-refractivity contribution in [3.63, 3.8) is 0 Å². The lowest BCUT2D eigenvalue weighted by molar-refractivity contribution is 1.18. The van der Waals surface area contributed by atoms with Gasteiger partial charge < -0.3 is 4.57 Å². The molecule has 43 heavy (non-hydrogen) atoms. The van der Waals surface area contributed by atoms with Gasteiger partial charge in [0.25, 0.3) is 0 Å². The van der Waals surface area contributed by atoms with Crippen molar-refractivity contribution in [1.29, 1.82) is 0 Å². The largest absolute Gasteiger partial charge is 0.309 e. The molecule has 2 heterocycles. The van der Waals surface area contributed by atoms with Crippen LogP contribution in [0.5, 0.6) is 0 Å². The van der Waals surface area contributed by atoms with E-state index in [0.717, 1.165) is 16.8 Å². The summed E-state index contributed by atoms with van der Waals surface area (Å²) in [6.07, 6.45) is 0. The monoisotopic (exact) mass is 546 g/mol. The first-order valence-electron chi connectivity index (χ1n) is 14.7. The zero-order chi connectivity index (χ0) is 28.3. The molecule has 0 N–H and O–H groups in total. The third kappa shape index (κ3) is 3.70. The lowest BCUT2D eigenvalue weighted by Crippen LogP contribution is -1.93. The molecule has 0 atom stereocenters. The highest BCUT2D eigenvalue weighted by Gasteiger charge is 2.15. The van der Waals surface area contributed by atoms with Gasteiger partial charge in [0.2, 0.25) is 0 Å². The van der Waals surface area contributed by atoms with Gasteiger partial charge in [-0.15, -0.1) is 0 Å². The zero-order valence-corrected chi connectivity index (χ0v) is 23.4. The second-order valence-electron chi connectivity index (χ2n) is 11.2. The number of hydrogen-bond donors (Lipinski definition) is 0. The van der Waals surface area contributed by atoms with E-state index in [0.29, 0.717) is 0 Å². The molecule has 2 nitrogen and oxygen atoms in total. The SMILES string of the molecule is c1ccc(-n2c3ccccc3c3cc(-c4cccc(-c5nc6ccccc6c6c5ccc5ccccc56)c4)ccc32)cc1. The fourth-order valence-corrected chi connectivity index (χ4v) is 6.80. The number of pyridine rings is 1. The van der Waals surface area contributed by atoms with E-state index < -0.39 is 0 Å². The summed E-state index contributed by atoms with van der Waals surface area (Å²) >= 11 is 0. The van der Waals surface area contributed by atoms with Crippen molar-refractivity contribution < 1.29 is 0 Å². The van der Waals surface area contributed by atoms with Gasteiger partial charge in [-0.3, -0.25) is 0 Å². The standard InChI is InChI=1S/C41H26N2/c1-2-14-31(15-3-1)43-38-20-9-7-17-33(38)36-26-29(22-24-39(36)43)28-12-10-13-30(25-28)41-35-23-21-27-11-4-5-16-32(27)40(35)34-18-6-8-19-37(34)42-41/h1-26H. The molecular formula is C41H26N2. The summed E-state index contributed by atoms with van der Waals surface area (Å²) in [5, 5.41) is 8.64. The van der Waals surface area contributed by atoms with E-state index in [4.69, 9.17) is 4.98 Å². The minimum atomic E-state index is 1.02. The highest BCUT2D eigenvalue weighted by atomic mass is 15.0. The first-order valence-corrected chi connectivity index (χ1v) is 14.7. The van der Waals surface area contributed by atoms with Crippen molar-refractivity contribution in [2.24, 2.45) is 0 Å². The molecule has 0 aliphatic rings. The highest BCUT2D eigenvalue weighted by Crippen LogP contribution is 2.39. The van der Waals surface area contributed by atoms with Crippen molar-refractivity contribution in [2.75, 3.05) is 0 Å². The summed E-state index contributed by atoms with van der Waals surface area (Å²) in [6, 6.07) is 56.6. The summed E-state index contributed by atoms with van der Waals surface area (Å²) < 4.78 is 2.36. The zero-order valence-electron chi connectivity index (χ0n) is 23.4. The maximum Gasteiger partial charge on any atom is 0.0788 e. The normalized spacial score (nSPS) is 11.7. The van der Waals surface area contributed by atoms with Crippen LogP contribution in [0.2, 0.25) is 0 Å². The van der Waals surface area contributed by atoms with Crippen LogP contribution in [0.15, 0.2) is 158 Å². The third-order valence-corrected chi connectivity index (χ3v) is 8.75. The Kier molecular flexibility index (Phi) is 5.23. The predicted octanol–water partition coefficient (Wildman–Crippen LogP) is 11.0. The van der Waals surface area contributed by atoms with E-state index in [1.54, 1.807) is 0 Å². The van der Waals surface area contributed by atoms with Gasteiger partial charge in [-0.25, -0.2) is 4.98 Å². The molecule has 0 amide bonds. The fraction of sp³-hybridized carbons (Fsp3) is 0. The van der Waals surface area contributed by atoms with Crippen LogP contribution in [0, 0.1) is 0 Å². The van der Waals surface area contributed by atoms with Crippen LogP contribution in [0.25, 0.3) is 82.3 Å². The summed E-state index contributed by atoms with van der Waals surface area (Å²) in [7, 11) is 0. The molecule has 0 unspecified atom stereocenters. The van der Waals surface area contributed by atoms with Gasteiger partial charge in [-0.1, -0.05) is 115 Å². The van der Waals surface area contributed by atoms with Gasteiger partial charge in [0, 0.05) is 38.2 Å². The van der Waals surface area contributed by atoms with Crippen LogP contribution < -0.4 is 0 Å². The Morgan fingerprint density at radius 2 is 1.09 bits per heavy atom. The summed E-state index contributed by atoms with van der Waals surface area (Å²) in [5.74, 6) is 0. The van der Waals surface area contributed by atoms with Crippen LogP contribution in [0.3, 0.4) is 0 Å². The molecule has 2 aromatic heterocycles. The van der Waals surface area contributed by atoms with Crippen molar-refractivity contribution >= 4 is 54.3 Å². The summed E-state index contributed by atoms with van der Waals surface area (Å²) in [5.41, 5.74) is 9.13. The molecule has 0 bridgehead atoms. The topological polar surface area (TPSA) is 17.8 Å². The van der Waals surface area contributed by atoms with Gasteiger partial charge in [-0.05, 0) is 64.4 Å². The van der Waals surface area contributed by atoms with Gasteiger partial charge in [-0.2, -0.15) is 0 Å². The van der Waals surface area contributed by atoms with E-state index >= 15 is 0 Å². The quantitative estimate of drug-likeness (QED) is 0.202. The second kappa shape index (κ2) is 9.40. The summed E-state index contributed by atoms with van der Waals surface area (Å²) in [6.45, 7) is 0. The number of nitrogens with zero attached hydrogens (tertiary/aromatic N) is 2. The Hall–Kier alpha value is -5.73. The molecule has 0 aliphatic heterocycles. The highest BCUT2D eigenvalue weighted by molar-refractivity contribution is 6.22. The molecule has 7 aromatic carbocycles.